The molecule has 2 heterocycles. The van der Waals surface area contributed by atoms with E-state index in [0.29, 0.717) is 31.4 Å². The predicted molar refractivity (Wildman–Crippen MR) is 94.5 cm³/mol. The molecule has 1 aliphatic heterocycles. The summed E-state index contributed by atoms with van der Waals surface area (Å²) in [7, 11) is 0. The van der Waals surface area contributed by atoms with Gasteiger partial charge in [-0.2, -0.15) is 0 Å². The Balaban J connectivity index is 1.30. The van der Waals surface area contributed by atoms with E-state index < -0.39 is 0 Å². The number of nitrogens with one attached hydrogen (secondary N) is 2. The first-order chi connectivity index (χ1) is 12.2. The Hall–Kier alpha value is -2.02. The van der Waals surface area contributed by atoms with Gasteiger partial charge < -0.3 is 20.0 Å². The Labute approximate surface area is 148 Å². The summed E-state index contributed by atoms with van der Waals surface area (Å²) in [6.45, 7) is 4.45. The number of piperazine rings is 1. The summed E-state index contributed by atoms with van der Waals surface area (Å²) in [5, 5.41) is 6.01. The van der Waals surface area contributed by atoms with Crippen LogP contribution in [0.25, 0.3) is 0 Å². The summed E-state index contributed by atoms with van der Waals surface area (Å²) >= 11 is 0. The van der Waals surface area contributed by atoms with Crippen LogP contribution in [0.2, 0.25) is 0 Å². The molecule has 1 aliphatic carbocycles. The molecule has 1 saturated heterocycles. The molecule has 7 nitrogen and oxygen atoms in total. The first-order valence-corrected chi connectivity index (χ1v) is 9.32. The number of hydrogen-bond acceptors (Lipinski definition) is 4. The van der Waals surface area contributed by atoms with E-state index in [4.69, 9.17) is 4.42 Å². The number of hydrogen-bond donors (Lipinski definition) is 2. The van der Waals surface area contributed by atoms with Gasteiger partial charge in [0.1, 0.15) is 0 Å². The molecule has 2 fully saturated rings. The molecular weight excluding hydrogens is 320 g/mol. The Bertz CT molecular complexity index is 547. The molecule has 0 aromatic carbocycles. The predicted octanol–water partition coefficient (Wildman–Crippen LogP) is 1.67. The molecule has 1 aromatic heterocycles. The fourth-order valence-corrected chi connectivity index (χ4v) is 3.54. The molecular formula is C18H28N4O3. The molecule has 0 bridgehead atoms. The topological polar surface area (TPSA) is 77.8 Å². The fourth-order valence-electron chi connectivity index (χ4n) is 3.54. The van der Waals surface area contributed by atoms with Gasteiger partial charge in [-0.15, -0.1) is 0 Å². The van der Waals surface area contributed by atoms with Crippen LogP contribution in [0.15, 0.2) is 22.8 Å². The van der Waals surface area contributed by atoms with E-state index >= 15 is 0 Å². The van der Waals surface area contributed by atoms with E-state index in [-0.39, 0.29) is 11.9 Å². The number of rotatable bonds is 5. The number of carbonyl (C=O) groups excluding carboxylic acids is 2. The van der Waals surface area contributed by atoms with Crippen LogP contribution in [-0.4, -0.2) is 67.0 Å². The quantitative estimate of drug-likeness (QED) is 0.848. The number of furan rings is 1. The molecule has 2 aliphatic rings. The second-order valence-electron chi connectivity index (χ2n) is 6.85. The lowest BCUT2D eigenvalue weighted by atomic mass is 9.96. The smallest absolute Gasteiger partial charge is 0.315 e. The van der Waals surface area contributed by atoms with Gasteiger partial charge in [0.25, 0.3) is 5.91 Å². The van der Waals surface area contributed by atoms with Gasteiger partial charge in [-0.3, -0.25) is 9.69 Å². The van der Waals surface area contributed by atoms with Gasteiger partial charge in [0, 0.05) is 45.3 Å². The molecule has 1 aromatic rings. The lowest BCUT2D eigenvalue weighted by molar-refractivity contribution is 0.0608. The Morgan fingerprint density at radius 2 is 1.88 bits per heavy atom. The van der Waals surface area contributed by atoms with Gasteiger partial charge in [-0.05, 0) is 25.0 Å². The second kappa shape index (κ2) is 8.89. The van der Waals surface area contributed by atoms with Crippen LogP contribution in [0.5, 0.6) is 0 Å². The van der Waals surface area contributed by atoms with E-state index in [2.05, 4.69) is 15.5 Å². The van der Waals surface area contributed by atoms with Gasteiger partial charge in [0.05, 0.1) is 6.26 Å². The summed E-state index contributed by atoms with van der Waals surface area (Å²) in [5.74, 6) is 0.351. The summed E-state index contributed by atoms with van der Waals surface area (Å²) in [4.78, 5) is 28.2. The zero-order chi connectivity index (χ0) is 17.5. The highest BCUT2D eigenvalue weighted by Gasteiger charge is 2.23. The van der Waals surface area contributed by atoms with Crippen LogP contribution >= 0.6 is 0 Å². The van der Waals surface area contributed by atoms with Crippen LogP contribution in [-0.2, 0) is 0 Å². The molecule has 0 spiro atoms. The summed E-state index contributed by atoms with van der Waals surface area (Å²) in [6, 6.07) is 3.71. The van der Waals surface area contributed by atoms with E-state index in [1.165, 1.54) is 25.5 Å². The third kappa shape index (κ3) is 5.22. The van der Waals surface area contributed by atoms with Gasteiger partial charge in [0.2, 0.25) is 0 Å². The molecule has 7 heteroatoms. The van der Waals surface area contributed by atoms with Gasteiger partial charge in [-0.25, -0.2) is 4.79 Å². The monoisotopic (exact) mass is 348 g/mol. The van der Waals surface area contributed by atoms with Crippen molar-refractivity contribution in [3.63, 3.8) is 0 Å². The minimum atomic E-state index is -0.0569. The number of amides is 3. The summed E-state index contributed by atoms with van der Waals surface area (Å²) < 4.78 is 5.17. The number of carbonyl (C=O) groups is 2. The summed E-state index contributed by atoms with van der Waals surface area (Å²) in [6.07, 6.45) is 7.43. The second-order valence-corrected chi connectivity index (χ2v) is 6.85. The number of nitrogens with zero attached hydrogens (tertiary/aromatic N) is 2. The highest BCUT2D eigenvalue weighted by molar-refractivity contribution is 5.91. The van der Waals surface area contributed by atoms with Crippen molar-refractivity contribution in [3.05, 3.63) is 24.2 Å². The third-order valence-electron chi connectivity index (χ3n) is 5.05. The van der Waals surface area contributed by atoms with Crippen LogP contribution < -0.4 is 10.6 Å². The van der Waals surface area contributed by atoms with E-state index in [1.807, 2.05) is 4.90 Å². The molecule has 25 heavy (non-hydrogen) atoms. The zero-order valence-corrected chi connectivity index (χ0v) is 14.7. The van der Waals surface area contributed by atoms with Gasteiger partial charge >= 0.3 is 6.03 Å². The molecule has 1 saturated carbocycles. The molecule has 0 atom stereocenters. The Morgan fingerprint density at radius 3 is 2.56 bits per heavy atom. The SMILES string of the molecule is O=C(NCCN1CCN(C(=O)c2ccco2)CC1)NC1CCCCC1. The van der Waals surface area contributed by atoms with Crippen molar-refractivity contribution in [2.24, 2.45) is 0 Å². The van der Waals surface area contributed by atoms with Crippen LogP contribution in [0.4, 0.5) is 4.79 Å². The molecule has 3 rings (SSSR count). The highest BCUT2D eigenvalue weighted by Crippen LogP contribution is 2.17. The van der Waals surface area contributed by atoms with Gasteiger partial charge in [-0.1, -0.05) is 19.3 Å². The van der Waals surface area contributed by atoms with Gasteiger partial charge in [0.15, 0.2) is 5.76 Å². The highest BCUT2D eigenvalue weighted by atomic mass is 16.3. The van der Waals surface area contributed by atoms with E-state index in [9.17, 15) is 9.59 Å². The Morgan fingerprint density at radius 1 is 1.12 bits per heavy atom. The maximum Gasteiger partial charge on any atom is 0.315 e. The van der Waals surface area contributed by atoms with E-state index in [1.54, 1.807) is 12.1 Å². The minimum Gasteiger partial charge on any atom is -0.459 e. The largest absolute Gasteiger partial charge is 0.459 e. The zero-order valence-electron chi connectivity index (χ0n) is 14.7. The maximum atomic E-state index is 12.2. The standard InChI is InChI=1S/C18H28N4O3/c23-17(16-7-4-14-25-16)22-12-10-21(11-13-22)9-8-19-18(24)20-15-5-2-1-3-6-15/h4,7,14-15H,1-3,5-6,8-13H2,(H2,19,20,24). The lowest BCUT2D eigenvalue weighted by Crippen LogP contribution is -2.51. The average Bonchev–Trinajstić information content (AvgIpc) is 3.17. The molecule has 0 unspecified atom stereocenters. The summed E-state index contributed by atoms with van der Waals surface area (Å²) in [5.41, 5.74) is 0. The van der Waals surface area contributed by atoms with Crippen LogP contribution in [0.3, 0.4) is 0 Å². The Kier molecular flexibility index (Phi) is 6.33. The maximum absolute atomic E-state index is 12.2. The molecule has 0 radical (unpaired) electrons. The molecule has 138 valence electrons. The minimum absolute atomic E-state index is 0.0466. The normalized spacial score (nSPS) is 19.6. The molecule has 2 N–H and O–H groups in total. The first-order valence-electron chi connectivity index (χ1n) is 9.32. The first kappa shape index (κ1) is 17.8. The van der Waals surface area contributed by atoms with Crippen molar-refractivity contribution < 1.29 is 14.0 Å². The number of urea groups is 1. The third-order valence-corrected chi connectivity index (χ3v) is 5.05. The van der Waals surface area contributed by atoms with E-state index in [0.717, 1.165) is 32.5 Å². The average molecular weight is 348 g/mol. The fraction of sp³-hybridized carbons (Fsp3) is 0.667. The molecule has 3 amide bonds. The van der Waals surface area contributed by atoms with Crippen molar-refractivity contribution in [1.82, 2.24) is 20.4 Å². The van der Waals surface area contributed by atoms with Crippen molar-refractivity contribution in [3.8, 4) is 0 Å². The van der Waals surface area contributed by atoms with Crippen molar-refractivity contribution in [2.75, 3.05) is 39.3 Å². The van der Waals surface area contributed by atoms with Crippen LogP contribution in [0, 0.1) is 0 Å². The van der Waals surface area contributed by atoms with Crippen molar-refractivity contribution in [1.29, 1.82) is 0 Å². The van der Waals surface area contributed by atoms with Crippen LogP contribution in [0.1, 0.15) is 42.7 Å². The lowest BCUT2D eigenvalue weighted by Gasteiger charge is -2.34. The van der Waals surface area contributed by atoms with Crippen molar-refractivity contribution in [2.45, 2.75) is 38.1 Å². The van der Waals surface area contributed by atoms with Crippen molar-refractivity contribution >= 4 is 11.9 Å².